The van der Waals surface area contributed by atoms with Crippen LogP contribution >= 0.6 is 12.6 Å². The molecule has 0 aliphatic heterocycles. The van der Waals surface area contributed by atoms with Gasteiger partial charge in [-0.2, -0.15) is 12.6 Å². The second-order valence-corrected chi connectivity index (χ2v) is 4.68. The van der Waals surface area contributed by atoms with Gasteiger partial charge in [0.2, 0.25) is 0 Å². The molecule has 0 radical (unpaired) electrons. The van der Waals surface area contributed by atoms with Gasteiger partial charge < -0.3 is 9.84 Å². The molecule has 0 heterocycles. The monoisotopic (exact) mass is 233 g/mol. The van der Waals surface area contributed by atoms with Gasteiger partial charge in [0.25, 0.3) is 0 Å². The zero-order chi connectivity index (χ0) is 11.1. The fourth-order valence-electron chi connectivity index (χ4n) is 2.15. The molecule has 15 heavy (non-hydrogen) atoms. The van der Waals surface area contributed by atoms with Gasteiger partial charge >= 0.3 is 0 Å². The molecule has 1 saturated carbocycles. The van der Waals surface area contributed by atoms with Crippen molar-refractivity contribution in [3.8, 4) is 0 Å². The van der Waals surface area contributed by atoms with Crippen molar-refractivity contribution in [3.63, 3.8) is 0 Å². The summed E-state index contributed by atoms with van der Waals surface area (Å²) in [6.07, 6.45) is 4.33. The molecular formula is C11H23NO2S. The number of hydrogen-bond acceptors (Lipinski definition) is 4. The average molecular weight is 233 g/mol. The Balaban J connectivity index is 2.16. The van der Waals surface area contributed by atoms with E-state index >= 15 is 0 Å². The SMILES string of the molecule is CN(CCOCCS)C1CCCCC1O. The van der Waals surface area contributed by atoms with Crippen LogP contribution in [0, 0.1) is 0 Å². The molecule has 4 heteroatoms. The number of hydrogen-bond donors (Lipinski definition) is 2. The second-order valence-electron chi connectivity index (χ2n) is 4.24. The maximum absolute atomic E-state index is 9.85. The summed E-state index contributed by atoms with van der Waals surface area (Å²) in [5, 5.41) is 9.85. The summed E-state index contributed by atoms with van der Waals surface area (Å²) in [4.78, 5) is 2.22. The molecule has 0 spiro atoms. The van der Waals surface area contributed by atoms with Crippen molar-refractivity contribution in [1.29, 1.82) is 0 Å². The minimum Gasteiger partial charge on any atom is -0.391 e. The Bertz CT molecular complexity index is 169. The first-order valence-corrected chi connectivity index (χ1v) is 6.46. The van der Waals surface area contributed by atoms with Crippen molar-refractivity contribution in [3.05, 3.63) is 0 Å². The van der Waals surface area contributed by atoms with Crippen LogP contribution in [0.2, 0.25) is 0 Å². The van der Waals surface area contributed by atoms with Gasteiger partial charge in [-0.25, -0.2) is 0 Å². The maximum atomic E-state index is 9.85. The van der Waals surface area contributed by atoms with Crippen LogP contribution in [0.25, 0.3) is 0 Å². The smallest absolute Gasteiger partial charge is 0.0695 e. The average Bonchev–Trinajstić information content (AvgIpc) is 2.25. The summed E-state index contributed by atoms with van der Waals surface area (Å²) in [5.74, 6) is 0.774. The van der Waals surface area contributed by atoms with Gasteiger partial charge in [0.05, 0.1) is 19.3 Å². The summed E-state index contributed by atoms with van der Waals surface area (Å²) in [7, 11) is 2.07. The second kappa shape index (κ2) is 7.49. The molecule has 1 fully saturated rings. The Morgan fingerprint density at radius 1 is 1.33 bits per heavy atom. The molecule has 1 aliphatic carbocycles. The first-order valence-electron chi connectivity index (χ1n) is 5.82. The van der Waals surface area contributed by atoms with Gasteiger partial charge in [-0.15, -0.1) is 0 Å². The van der Waals surface area contributed by atoms with E-state index in [0.29, 0.717) is 12.6 Å². The summed E-state index contributed by atoms with van der Waals surface area (Å²) in [5.41, 5.74) is 0. The molecule has 0 aromatic carbocycles. The molecule has 90 valence electrons. The lowest BCUT2D eigenvalue weighted by Gasteiger charge is -2.35. The summed E-state index contributed by atoms with van der Waals surface area (Å²) in [6, 6.07) is 0.332. The third-order valence-electron chi connectivity index (χ3n) is 3.08. The molecule has 1 aliphatic rings. The molecule has 0 saturated heterocycles. The van der Waals surface area contributed by atoms with E-state index < -0.39 is 0 Å². The molecular weight excluding hydrogens is 210 g/mol. The highest BCUT2D eigenvalue weighted by Gasteiger charge is 2.25. The molecule has 2 unspecified atom stereocenters. The van der Waals surface area contributed by atoms with Gasteiger partial charge in [0.15, 0.2) is 0 Å². The van der Waals surface area contributed by atoms with Crippen molar-refractivity contribution in [1.82, 2.24) is 4.90 Å². The quantitative estimate of drug-likeness (QED) is 0.533. The van der Waals surface area contributed by atoms with E-state index in [0.717, 1.165) is 31.7 Å². The van der Waals surface area contributed by atoms with Crippen molar-refractivity contribution in [2.75, 3.05) is 32.6 Å². The normalized spacial score (nSPS) is 27.2. The lowest BCUT2D eigenvalue weighted by atomic mass is 9.92. The summed E-state index contributed by atoms with van der Waals surface area (Å²) >= 11 is 4.08. The van der Waals surface area contributed by atoms with Gasteiger partial charge in [0.1, 0.15) is 0 Å². The minimum atomic E-state index is -0.145. The fourth-order valence-corrected chi connectivity index (χ4v) is 2.28. The van der Waals surface area contributed by atoms with Gasteiger partial charge in [-0.05, 0) is 19.9 Å². The summed E-state index contributed by atoms with van der Waals surface area (Å²) < 4.78 is 5.38. The van der Waals surface area contributed by atoms with E-state index in [9.17, 15) is 5.11 Å². The highest BCUT2D eigenvalue weighted by atomic mass is 32.1. The predicted molar refractivity (Wildman–Crippen MR) is 65.6 cm³/mol. The van der Waals surface area contributed by atoms with Crippen LogP contribution in [0.1, 0.15) is 25.7 Å². The first-order chi connectivity index (χ1) is 7.25. The minimum absolute atomic E-state index is 0.145. The predicted octanol–water partition coefficient (Wildman–Crippen LogP) is 1.17. The van der Waals surface area contributed by atoms with Crippen LogP contribution in [0.15, 0.2) is 0 Å². The molecule has 3 nitrogen and oxygen atoms in total. The topological polar surface area (TPSA) is 32.7 Å². The lowest BCUT2D eigenvalue weighted by molar-refractivity contribution is 0.0183. The lowest BCUT2D eigenvalue weighted by Crippen LogP contribution is -2.44. The van der Waals surface area contributed by atoms with Crippen molar-refractivity contribution in [2.45, 2.75) is 37.8 Å². The molecule has 1 rings (SSSR count). The number of nitrogens with zero attached hydrogens (tertiary/aromatic N) is 1. The van der Waals surface area contributed by atoms with Crippen LogP contribution in [0.5, 0.6) is 0 Å². The third kappa shape index (κ3) is 4.72. The number of aliphatic hydroxyl groups excluding tert-OH is 1. The number of aliphatic hydroxyl groups is 1. The number of rotatable bonds is 6. The molecule has 0 amide bonds. The van der Waals surface area contributed by atoms with E-state index in [1.165, 1.54) is 12.8 Å². The first kappa shape index (κ1) is 13.3. The Labute approximate surface area is 98.2 Å². The van der Waals surface area contributed by atoms with Crippen molar-refractivity contribution in [2.24, 2.45) is 0 Å². The summed E-state index contributed by atoms with van der Waals surface area (Å²) in [6.45, 7) is 2.35. The molecule has 0 aromatic heterocycles. The van der Waals surface area contributed by atoms with Crippen LogP contribution < -0.4 is 0 Å². The Kier molecular flexibility index (Phi) is 6.64. The largest absolute Gasteiger partial charge is 0.391 e. The van der Waals surface area contributed by atoms with E-state index in [-0.39, 0.29) is 6.10 Å². The van der Waals surface area contributed by atoms with E-state index in [1.54, 1.807) is 0 Å². The van der Waals surface area contributed by atoms with Crippen LogP contribution in [-0.4, -0.2) is 54.7 Å². The van der Waals surface area contributed by atoms with Crippen molar-refractivity contribution < 1.29 is 9.84 Å². The molecule has 0 bridgehead atoms. The number of thiol groups is 1. The van der Waals surface area contributed by atoms with Crippen molar-refractivity contribution >= 4 is 12.6 Å². The van der Waals surface area contributed by atoms with E-state index in [2.05, 4.69) is 24.6 Å². The third-order valence-corrected chi connectivity index (χ3v) is 3.27. The highest BCUT2D eigenvalue weighted by molar-refractivity contribution is 7.80. The zero-order valence-corrected chi connectivity index (χ0v) is 10.5. The van der Waals surface area contributed by atoms with Crippen LogP contribution in [0.4, 0.5) is 0 Å². The Hall–Kier alpha value is 0.230. The fraction of sp³-hybridized carbons (Fsp3) is 1.00. The molecule has 1 N–H and O–H groups in total. The van der Waals surface area contributed by atoms with Crippen LogP contribution in [-0.2, 0) is 4.74 Å². The zero-order valence-electron chi connectivity index (χ0n) is 9.56. The Morgan fingerprint density at radius 2 is 2.07 bits per heavy atom. The Morgan fingerprint density at radius 3 is 2.73 bits per heavy atom. The van der Waals surface area contributed by atoms with Crippen LogP contribution in [0.3, 0.4) is 0 Å². The van der Waals surface area contributed by atoms with Gasteiger partial charge in [-0.1, -0.05) is 12.8 Å². The number of likely N-dealkylation sites (N-methyl/N-ethyl adjacent to an activating group) is 1. The maximum Gasteiger partial charge on any atom is 0.0695 e. The van der Waals surface area contributed by atoms with E-state index in [4.69, 9.17) is 4.74 Å². The van der Waals surface area contributed by atoms with Gasteiger partial charge in [0, 0.05) is 18.3 Å². The number of ether oxygens (including phenoxy) is 1. The van der Waals surface area contributed by atoms with E-state index in [1.807, 2.05) is 0 Å². The molecule has 2 atom stereocenters. The highest BCUT2D eigenvalue weighted by Crippen LogP contribution is 2.21. The molecule has 0 aromatic rings. The van der Waals surface area contributed by atoms with Gasteiger partial charge in [-0.3, -0.25) is 4.90 Å². The standard InChI is InChI=1S/C11H23NO2S/c1-12(6-7-14-8-9-15)10-4-2-3-5-11(10)13/h10-11,13,15H,2-9H2,1H3.